The highest BCUT2D eigenvalue weighted by atomic mass is 79.9. The maximum Gasteiger partial charge on any atom is 0.327 e. The molecule has 2 aromatic rings. The average molecular weight is 694 g/mol. The van der Waals surface area contributed by atoms with E-state index in [-0.39, 0.29) is 11.8 Å². The first-order valence-corrected chi connectivity index (χ1v) is 16.4. The Bertz CT molecular complexity index is 1140. The van der Waals surface area contributed by atoms with E-state index in [9.17, 15) is 29.4 Å². The lowest BCUT2D eigenvalue weighted by Crippen LogP contribution is -2.42. The number of carbonyl (C=O) groups excluding carboxylic acids is 2. The zero-order chi connectivity index (χ0) is 26.0. The summed E-state index contributed by atoms with van der Waals surface area (Å²) in [5.74, 6) is -1.56. The molecule has 0 aliphatic carbocycles. The molecule has 2 unspecified atom stereocenters. The Labute approximate surface area is 240 Å². The molecule has 2 aromatic carbocycles. The highest BCUT2D eigenvalue weighted by Crippen LogP contribution is 2.43. The van der Waals surface area contributed by atoms with Gasteiger partial charge in [0.05, 0.1) is 22.9 Å². The molecule has 0 aromatic heterocycles. The van der Waals surface area contributed by atoms with E-state index in [2.05, 4.69) is 31.9 Å². The van der Waals surface area contributed by atoms with Crippen LogP contribution in [0.25, 0.3) is 0 Å². The largest absolute Gasteiger partial charge is 0.480 e. The third-order valence-electron chi connectivity index (χ3n) is 5.42. The average Bonchev–Trinajstić information content (AvgIpc) is 3.53. The van der Waals surface area contributed by atoms with Crippen molar-refractivity contribution in [2.45, 2.75) is 21.9 Å². The number of carbonyl (C=O) groups is 4. The van der Waals surface area contributed by atoms with E-state index in [0.29, 0.717) is 53.1 Å². The first-order chi connectivity index (χ1) is 17.2. The van der Waals surface area contributed by atoms with E-state index < -0.39 is 24.0 Å². The molecule has 2 saturated heterocycles. The van der Waals surface area contributed by atoms with E-state index in [1.54, 1.807) is 36.4 Å². The summed E-state index contributed by atoms with van der Waals surface area (Å²) in [4.78, 5) is 53.8. The fourth-order valence-corrected chi connectivity index (χ4v) is 8.90. The van der Waals surface area contributed by atoms with Gasteiger partial charge in [-0.1, -0.05) is 53.4 Å². The molecule has 36 heavy (non-hydrogen) atoms. The quantitative estimate of drug-likeness (QED) is 0.375. The van der Waals surface area contributed by atoms with Gasteiger partial charge in [0.1, 0.15) is 12.1 Å². The van der Waals surface area contributed by atoms with Crippen molar-refractivity contribution < 1.29 is 29.4 Å². The first kappa shape index (κ1) is 27.7. The molecule has 2 aliphatic rings. The van der Waals surface area contributed by atoms with E-state index in [1.165, 1.54) is 54.9 Å². The van der Waals surface area contributed by atoms with Crippen LogP contribution in [0, 0.1) is 0 Å². The number of hydrogen-bond donors (Lipinski definition) is 2. The van der Waals surface area contributed by atoms with Crippen molar-refractivity contribution in [1.29, 1.82) is 0 Å². The van der Waals surface area contributed by atoms with Gasteiger partial charge in [0.2, 0.25) is 0 Å². The molecule has 8 nitrogen and oxygen atoms in total. The number of nitrogens with zero attached hydrogens (tertiary/aromatic N) is 2. The van der Waals surface area contributed by atoms with Crippen LogP contribution in [0.2, 0.25) is 0 Å². The van der Waals surface area contributed by atoms with Crippen LogP contribution in [-0.4, -0.2) is 79.1 Å². The maximum atomic E-state index is 13.3. The van der Waals surface area contributed by atoms with Crippen molar-refractivity contribution in [3.8, 4) is 0 Å². The molecule has 0 saturated carbocycles. The van der Waals surface area contributed by atoms with Crippen LogP contribution in [-0.2, 0) is 9.59 Å². The third kappa shape index (κ3) is 6.04. The van der Waals surface area contributed by atoms with Crippen molar-refractivity contribution in [1.82, 2.24) is 9.80 Å². The van der Waals surface area contributed by atoms with Crippen LogP contribution in [0.1, 0.15) is 20.7 Å². The Kier molecular flexibility index (Phi) is 9.26. The summed E-state index contributed by atoms with van der Waals surface area (Å²) in [6.45, 7) is 0. The number of hydrogen-bond acceptors (Lipinski definition) is 8. The highest BCUT2D eigenvalue weighted by molar-refractivity contribution is 9.10. The van der Waals surface area contributed by atoms with Gasteiger partial charge < -0.3 is 20.0 Å². The normalized spacial score (nSPS) is 19.5. The van der Waals surface area contributed by atoms with Gasteiger partial charge in [-0.15, -0.1) is 23.5 Å². The van der Waals surface area contributed by atoms with E-state index >= 15 is 0 Å². The van der Waals surface area contributed by atoms with Gasteiger partial charge in [0.25, 0.3) is 11.8 Å². The minimum absolute atomic E-state index is 0.295. The number of benzene rings is 2. The molecule has 0 spiro atoms. The number of rotatable bonds is 7. The lowest BCUT2D eigenvalue weighted by molar-refractivity contribution is -0.141. The molecule has 2 amide bonds. The number of thioether (sulfide) groups is 2. The standard InChI is InChI=1S/C22H18Br2N2O6S4/c23-11-1-3-17(13(5-11)19(27)25-9-33-7-15(25)21(29)30)35-36-18-4-2-12(24)6-14(18)20(28)26-10-34-8-16(26)22(31)32/h1-6,15-16H,7-10H2,(H,29,30)(H,31,32). The number of aliphatic carboxylic acids is 2. The van der Waals surface area contributed by atoms with E-state index in [1.807, 2.05) is 0 Å². The highest BCUT2D eigenvalue weighted by Gasteiger charge is 2.37. The molecule has 2 aliphatic heterocycles. The van der Waals surface area contributed by atoms with Crippen LogP contribution in [0.4, 0.5) is 0 Å². The molecule has 2 N–H and O–H groups in total. The molecule has 14 heteroatoms. The SMILES string of the molecule is O=C(O)C1CSCN1C(=O)c1cc(Br)ccc1SSc1ccc(Br)cc1C(=O)N1CSCC1C(=O)O. The predicted molar refractivity (Wildman–Crippen MR) is 150 cm³/mol. The lowest BCUT2D eigenvalue weighted by atomic mass is 10.1. The Morgan fingerprint density at radius 3 is 1.50 bits per heavy atom. The lowest BCUT2D eigenvalue weighted by Gasteiger charge is -2.22. The molecule has 2 atom stereocenters. The van der Waals surface area contributed by atoms with Gasteiger partial charge in [-0.2, -0.15) is 0 Å². The topological polar surface area (TPSA) is 115 Å². The monoisotopic (exact) mass is 692 g/mol. The van der Waals surface area contributed by atoms with Crippen molar-refractivity contribution in [3.63, 3.8) is 0 Å². The molecular formula is C22H18Br2N2O6S4. The summed E-state index contributed by atoms with van der Waals surface area (Å²) in [5.41, 5.74) is 0.727. The van der Waals surface area contributed by atoms with E-state index in [0.717, 1.165) is 0 Å². The van der Waals surface area contributed by atoms with Crippen LogP contribution in [0.5, 0.6) is 0 Å². The summed E-state index contributed by atoms with van der Waals surface area (Å²) < 4.78 is 1.37. The second kappa shape index (κ2) is 12.0. The summed E-state index contributed by atoms with van der Waals surface area (Å²) in [6.07, 6.45) is 0. The molecule has 0 radical (unpaired) electrons. The fourth-order valence-electron chi connectivity index (χ4n) is 3.58. The smallest absolute Gasteiger partial charge is 0.327 e. The fraction of sp³-hybridized carbons (Fsp3) is 0.273. The second-order valence-electron chi connectivity index (χ2n) is 7.71. The maximum absolute atomic E-state index is 13.3. The molecule has 4 rings (SSSR count). The van der Waals surface area contributed by atoms with Crippen molar-refractivity contribution in [3.05, 3.63) is 56.5 Å². The Balaban J connectivity index is 1.59. The Morgan fingerprint density at radius 1 is 0.750 bits per heavy atom. The van der Waals surface area contributed by atoms with Crippen LogP contribution < -0.4 is 0 Å². The molecule has 0 bridgehead atoms. The third-order valence-corrected chi connectivity index (χ3v) is 10.9. The van der Waals surface area contributed by atoms with Crippen LogP contribution in [0.15, 0.2) is 55.1 Å². The minimum atomic E-state index is -1.04. The van der Waals surface area contributed by atoms with E-state index in [4.69, 9.17) is 0 Å². The first-order valence-electron chi connectivity index (χ1n) is 10.3. The van der Waals surface area contributed by atoms with Gasteiger partial charge in [-0.25, -0.2) is 9.59 Å². The predicted octanol–water partition coefficient (Wildman–Crippen LogP) is 5.21. The minimum Gasteiger partial charge on any atom is -0.480 e. The van der Waals surface area contributed by atoms with Crippen LogP contribution in [0.3, 0.4) is 0 Å². The van der Waals surface area contributed by atoms with Crippen molar-refractivity contribution in [2.75, 3.05) is 23.3 Å². The van der Waals surface area contributed by atoms with Crippen LogP contribution >= 0.6 is 77.0 Å². The molecular weight excluding hydrogens is 676 g/mol. The van der Waals surface area contributed by atoms with Crippen molar-refractivity contribution >= 4 is 101 Å². The van der Waals surface area contributed by atoms with Gasteiger partial charge in [0, 0.05) is 30.2 Å². The van der Waals surface area contributed by atoms with Gasteiger partial charge in [0.15, 0.2) is 0 Å². The summed E-state index contributed by atoms with van der Waals surface area (Å²) >= 11 is 9.57. The number of halogens is 2. The van der Waals surface area contributed by atoms with Crippen molar-refractivity contribution in [2.24, 2.45) is 0 Å². The summed E-state index contributed by atoms with van der Waals surface area (Å²) in [5, 5.41) is 19.0. The summed E-state index contributed by atoms with van der Waals surface area (Å²) in [7, 11) is 2.56. The summed E-state index contributed by atoms with van der Waals surface area (Å²) in [6, 6.07) is 8.68. The Morgan fingerprint density at radius 2 is 1.14 bits per heavy atom. The zero-order valence-corrected chi connectivity index (χ0v) is 24.7. The number of carboxylic acids is 2. The molecule has 190 valence electrons. The number of amides is 2. The van der Waals surface area contributed by atoms with Gasteiger partial charge in [-0.05, 0) is 36.4 Å². The van der Waals surface area contributed by atoms with Gasteiger partial charge in [-0.3, -0.25) is 9.59 Å². The molecule has 2 fully saturated rings. The second-order valence-corrected chi connectivity index (χ2v) is 13.7. The number of carboxylic acid groups (broad SMARTS) is 2. The van der Waals surface area contributed by atoms with Gasteiger partial charge >= 0.3 is 11.9 Å². The zero-order valence-electron chi connectivity index (χ0n) is 18.3. The molecule has 2 heterocycles. The Hall–Kier alpha value is -1.32.